The van der Waals surface area contributed by atoms with E-state index >= 15 is 0 Å². The van der Waals surface area contributed by atoms with Gasteiger partial charge in [-0.1, -0.05) is 158 Å². The number of furan rings is 2. The highest BCUT2D eigenvalue weighted by atomic mass is 16.3. The van der Waals surface area contributed by atoms with Gasteiger partial charge in [0.05, 0.1) is 11.0 Å². The molecule has 11 aromatic carbocycles. The van der Waals surface area contributed by atoms with Gasteiger partial charge in [0, 0.05) is 21.5 Å². The van der Waals surface area contributed by atoms with Crippen molar-refractivity contribution in [3.8, 4) is 44.5 Å². The van der Waals surface area contributed by atoms with Crippen molar-refractivity contribution in [3.05, 3.63) is 206 Å². The van der Waals surface area contributed by atoms with Crippen molar-refractivity contribution in [3.63, 3.8) is 0 Å². The van der Waals surface area contributed by atoms with Crippen molar-refractivity contribution in [2.75, 3.05) is 0 Å². The number of fused-ring (bicyclic) bond motifs is 11. The summed E-state index contributed by atoms with van der Waals surface area (Å²) in [5.41, 5.74) is 8.73. The first kappa shape index (κ1) is 26.1. The molecular formula is C58H34O2. The Labute approximate surface area is 356 Å². The topological polar surface area (TPSA) is 26.3 Å². The Balaban J connectivity index is 0.986. The van der Waals surface area contributed by atoms with Gasteiger partial charge in [0.25, 0.3) is 0 Å². The first-order valence-corrected chi connectivity index (χ1v) is 19.9. The lowest BCUT2D eigenvalue weighted by molar-refractivity contribution is 0.663. The minimum Gasteiger partial charge on any atom is -0.456 e. The maximum Gasteiger partial charge on any atom is 0.136 e. The van der Waals surface area contributed by atoms with E-state index in [0.717, 1.165) is 87.7 Å². The van der Waals surface area contributed by atoms with Crippen LogP contribution >= 0.6 is 0 Å². The molecule has 0 spiro atoms. The molecule has 0 aliphatic carbocycles. The first-order chi connectivity index (χ1) is 33.0. The third-order valence-corrected chi connectivity index (χ3v) is 12.1. The second kappa shape index (κ2) is 12.8. The van der Waals surface area contributed by atoms with Crippen LogP contribution in [0.4, 0.5) is 0 Å². The number of benzene rings is 11. The Bertz CT molecular complexity index is 4280. The third kappa shape index (κ3) is 5.01. The van der Waals surface area contributed by atoms with Crippen LogP contribution < -0.4 is 0 Å². The summed E-state index contributed by atoms with van der Waals surface area (Å²) >= 11 is 0. The molecule has 2 heteroatoms. The molecule has 0 saturated carbocycles. The van der Waals surface area contributed by atoms with E-state index in [9.17, 15) is 5.48 Å². The van der Waals surface area contributed by atoms with E-state index in [1.54, 1.807) is 0 Å². The fourth-order valence-corrected chi connectivity index (χ4v) is 9.24. The molecule has 2 aromatic heterocycles. The normalized spacial score (nSPS) is 13.9. The summed E-state index contributed by atoms with van der Waals surface area (Å²) in [5.74, 6) is 0. The molecule has 278 valence electrons. The van der Waals surface area contributed by atoms with Gasteiger partial charge in [-0.25, -0.2) is 0 Å². The molecule has 60 heavy (non-hydrogen) atoms. The van der Waals surface area contributed by atoms with Crippen LogP contribution in [-0.4, -0.2) is 0 Å². The predicted octanol–water partition coefficient (Wildman–Crippen LogP) is 16.8. The van der Waals surface area contributed by atoms with Gasteiger partial charge in [0.2, 0.25) is 0 Å². The van der Waals surface area contributed by atoms with Crippen LogP contribution in [0.15, 0.2) is 215 Å². The van der Waals surface area contributed by atoms with Crippen molar-refractivity contribution in [2.24, 2.45) is 0 Å². The van der Waals surface area contributed by atoms with Crippen LogP contribution in [0.2, 0.25) is 0 Å². The second-order valence-corrected chi connectivity index (χ2v) is 15.4. The van der Waals surface area contributed by atoms with Crippen molar-refractivity contribution in [2.45, 2.75) is 0 Å². The molecule has 0 radical (unpaired) electrons. The predicted molar refractivity (Wildman–Crippen MR) is 253 cm³/mol. The maximum absolute atomic E-state index is 9.43. The van der Waals surface area contributed by atoms with Crippen LogP contribution in [0.1, 0.15) is 11.0 Å². The fraction of sp³-hybridized carbons (Fsp3) is 0. The third-order valence-electron chi connectivity index (χ3n) is 12.1. The van der Waals surface area contributed by atoms with Crippen LogP contribution in [0.5, 0.6) is 0 Å². The standard InChI is InChI=1S/C58H34O2/c1-2-10-38-31-39(22-19-35(38)9-1)36-17-20-37(21-18-36)55-45-11-3-5-13-47(45)56(48-14-6-4-12-46(48)55)44-26-25-40-32-41(23-24-42(40)33-44)43-27-28-50-54(34-43)60-53-30-29-52-57(58(50)53)49-15-7-8-16-51(49)59-52/h1-34H/i3D,4D,5D,6D,11D,12D,13D,14D. The van der Waals surface area contributed by atoms with E-state index in [4.69, 9.17) is 14.3 Å². The summed E-state index contributed by atoms with van der Waals surface area (Å²) in [6.45, 7) is 0. The summed E-state index contributed by atoms with van der Waals surface area (Å²) in [4.78, 5) is 0. The van der Waals surface area contributed by atoms with E-state index < -0.39 is 24.2 Å². The molecule has 0 N–H and O–H groups in total. The Morgan fingerprint density at radius 3 is 1.40 bits per heavy atom. The summed E-state index contributed by atoms with van der Waals surface area (Å²) < 4.78 is 85.8. The highest BCUT2D eigenvalue weighted by molar-refractivity contribution is 6.26. The minimum absolute atomic E-state index is 0.179. The molecule has 0 aliphatic heterocycles. The largest absolute Gasteiger partial charge is 0.456 e. The van der Waals surface area contributed by atoms with Gasteiger partial charge in [0.15, 0.2) is 0 Å². The average molecular weight is 771 g/mol. The summed E-state index contributed by atoms with van der Waals surface area (Å²) in [5, 5.41) is 8.74. The molecule has 0 atom stereocenters. The smallest absolute Gasteiger partial charge is 0.136 e. The van der Waals surface area contributed by atoms with Crippen LogP contribution in [0, 0.1) is 0 Å². The number of hydrogen-bond acceptors (Lipinski definition) is 2. The molecule has 2 nitrogen and oxygen atoms in total. The lowest BCUT2D eigenvalue weighted by atomic mass is 9.85. The first-order valence-electron chi connectivity index (χ1n) is 23.9. The van der Waals surface area contributed by atoms with Gasteiger partial charge in [-0.2, -0.15) is 0 Å². The van der Waals surface area contributed by atoms with E-state index in [1.807, 2.05) is 97.1 Å². The Morgan fingerprint density at radius 2 is 0.717 bits per heavy atom. The molecule has 0 fully saturated rings. The monoisotopic (exact) mass is 770 g/mol. The van der Waals surface area contributed by atoms with E-state index in [1.165, 1.54) is 0 Å². The lowest BCUT2D eigenvalue weighted by Gasteiger charge is -2.18. The van der Waals surface area contributed by atoms with Gasteiger partial charge in [-0.05, 0) is 136 Å². The molecule has 13 aromatic rings. The number of rotatable bonds is 4. The van der Waals surface area contributed by atoms with Crippen molar-refractivity contribution >= 4 is 87.0 Å². The van der Waals surface area contributed by atoms with Gasteiger partial charge >= 0.3 is 0 Å². The van der Waals surface area contributed by atoms with Gasteiger partial charge < -0.3 is 8.83 Å². The summed E-state index contributed by atoms with van der Waals surface area (Å²) in [6.07, 6.45) is 0. The Kier molecular flexibility index (Phi) is 5.57. The average Bonchev–Trinajstić information content (AvgIpc) is 3.95. The molecular weight excluding hydrogens is 729 g/mol. The van der Waals surface area contributed by atoms with Gasteiger partial charge in [0.1, 0.15) is 22.3 Å². The lowest BCUT2D eigenvalue weighted by Crippen LogP contribution is -1.91. The summed E-state index contributed by atoms with van der Waals surface area (Å²) in [7, 11) is 0. The van der Waals surface area contributed by atoms with Crippen LogP contribution in [-0.2, 0) is 0 Å². The zero-order valence-electron chi connectivity index (χ0n) is 39.8. The number of para-hydroxylation sites is 1. The fourth-order valence-electron chi connectivity index (χ4n) is 9.24. The van der Waals surface area contributed by atoms with E-state index in [-0.39, 0.29) is 45.7 Å². The highest BCUT2D eigenvalue weighted by Gasteiger charge is 2.19. The molecule has 0 amide bonds. The number of hydrogen-bond donors (Lipinski definition) is 0. The van der Waals surface area contributed by atoms with E-state index in [2.05, 4.69) is 60.7 Å². The van der Waals surface area contributed by atoms with Crippen molar-refractivity contribution < 1.29 is 19.8 Å². The highest BCUT2D eigenvalue weighted by Crippen LogP contribution is 2.45. The van der Waals surface area contributed by atoms with Crippen LogP contribution in [0.25, 0.3) is 131 Å². The maximum atomic E-state index is 9.43. The Hall–Kier alpha value is -7.94. The second-order valence-electron chi connectivity index (χ2n) is 15.4. The van der Waals surface area contributed by atoms with Crippen LogP contribution in [0.3, 0.4) is 0 Å². The SMILES string of the molecule is [2H]c1c([2H])c([2H])c2c(-c3ccc4cc(-c5ccc6c(c5)oc5ccc7oc8ccccc8c7c56)ccc4c3)c3c([2H])c([2H])c([2H])c([2H])c3c(-c3ccc(-c4ccc5ccccc5c4)cc3)c2c1[2H]. The molecule has 2 heterocycles. The van der Waals surface area contributed by atoms with Gasteiger partial charge in [-0.3, -0.25) is 0 Å². The minimum atomic E-state index is -0.434. The van der Waals surface area contributed by atoms with Crippen molar-refractivity contribution in [1.29, 1.82) is 0 Å². The summed E-state index contributed by atoms with van der Waals surface area (Å²) in [6, 6.07) is 49.1. The molecule has 0 aliphatic rings. The molecule has 13 rings (SSSR count). The molecule has 0 bridgehead atoms. The zero-order chi connectivity index (χ0) is 46.3. The quantitative estimate of drug-likeness (QED) is 0.167. The van der Waals surface area contributed by atoms with E-state index in [0.29, 0.717) is 22.3 Å². The van der Waals surface area contributed by atoms with Gasteiger partial charge in [-0.15, -0.1) is 0 Å². The Morgan fingerprint density at radius 1 is 0.283 bits per heavy atom. The molecule has 0 unspecified atom stereocenters. The van der Waals surface area contributed by atoms with Crippen molar-refractivity contribution in [1.82, 2.24) is 0 Å². The zero-order valence-corrected chi connectivity index (χ0v) is 31.8. The molecule has 0 saturated heterocycles.